The van der Waals surface area contributed by atoms with Gasteiger partial charge in [-0.1, -0.05) is 20.8 Å². The first-order valence-corrected chi connectivity index (χ1v) is 8.18. The lowest BCUT2D eigenvalue weighted by Gasteiger charge is -2.42. The SMILES string of the molecule is CCC1CN(C(=O)C2C(C)OC(C)C2C)C(CC)CN1. The molecule has 0 spiro atoms. The maximum atomic E-state index is 13.0. The van der Waals surface area contributed by atoms with Crippen molar-refractivity contribution in [2.45, 2.75) is 71.8 Å². The molecule has 4 nitrogen and oxygen atoms in total. The monoisotopic (exact) mass is 282 g/mol. The maximum absolute atomic E-state index is 13.0. The van der Waals surface area contributed by atoms with Crippen molar-refractivity contribution in [1.82, 2.24) is 10.2 Å². The Morgan fingerprint density at radius 1 is 1.20 bits per heavy atom. The predicted molar refractivity (Wildman–Crippen MR) is 80.5 cm³/mol. The minimum absolute atomic E-state index is 0.0228. The Balaban J connectivity index is 2.12. The van der Waals surface area contributed by atoms with Gasteiger partial charge in [0.15, 0.2) is 0 Å². The summed E-state index contributed by atoms with van der Waals surface area (Å²) in [5.41, 5.74) is 0. The van der Waals surface area contributed by atoms with Crippen molar-refractivity contribution in [3.8, 4) is 0 Å². The molecule has 2 rings (SSSR count). The third-order valence-electron chi connectivity index (χ3n) is 5.27. The Hall–Kier alpha value is -0.610. The molecular formula is C16H30N2O2. The highest BCUT2D eigenvalue weighted by Gasteiger charge is 2.45. The molecule has 0 saturated carbocycles. The number of nitrogens with one attached hydrogen (secondary N) is 1. The standard InChI is InChI=1S/C16H30N2O2/c1-6-13-9-18(14(7-2)8-17-13)16(19)15-10(3)11(4)20-12(15)5/h10-15,17H,6-9H2,1-5H3. The molecule has 6 atom stereocenters. The summed E-state index contributed by atoms with van der Waals surface area (Å²) in [4.78, 5) is 15.1. The number of hydrogen-bond acceptors (Lipinski definition) is 3. The number of ether oxygens (including phenoxy) is 1. The minimum atomic E-state index is 0.0228. The first kappa shape index (κ1) is 15.8. The molecule has 2 aliphatic heterocycles. The fourth-order valence-corrected chi connectivity index (χ4v) is 3.66. The number of nitrogens with zero attached hydrogens (tertiary/aromatic N) is 1. The van der Waals surface area contributed by atoms with Gasteiger partial charge in [-0.05, 0) is 32.6 Å². The zero-order chi connectivity index (χ0) is 14.9. The van der Waals surface area contributed by atoms with Crippen LogP contribution in [-0.4, -0.2) is 48.2 Å². The predicted octanol–water partition coefficient (Wildman–Crippen LogP) is 2.03. The zero-order valence-electron chi connectivity index (χ0n) is 13.6. The van der Waals surface area contributed by atoms with Crippen LogP contribution in [0, 0.1) is 11.8 Å². The van der Waals surface area contributed by atoms with Gasteiger partial charge in [-0.25, -0.2) is 0 Å². The lowest BCUT2D eigenvalue weighted by atomic mass is 9.87. The van der Waals surface area contributed by atoms with Gasteiger partial charge in [0.2, 0.25) is 5.91 Å². The molecule has 4 heteroatoms. The number of rotatable bonds is 3. The van der Waals surface area contributed by atoms with Crippen LogP contribution in [0.2, 0.25) is 0 Å². The van der Waals surface area contributed by atoms with E-state index in [0.717, 1.165) is 25.9 Å². The van der Waals surface area contributed by atoms with Crippen molar-refractivity contribution in [2.24, 2.45) is 11.8 Å². The van der Waals surface area contributed by atoms with Crippen LogP contribution >= 0.6 is 0 Å². The van der Waals surface area contributed by atoms with Gasteiger partial charge in [0.25, 0.3) is 0 Å². The third kappa shape index (κ3) is 2.86. The highest BCUT2D eigenvalue weighted by molar-refractivity contribution is 5.80. The van der Waals surface area contributed by atoms with Crippen LogP contribution in [0.3, 0.4) is 0 Å². The summed E-state index contributed by atoms with van der Waals surface area (Å²) in [6.07, 6.45) is 2.31. The maximum Gasteiger partial charge on any atom is 0.229 e. The van der Waals surface area contributed by atoms with Gasteiger partial charge in [0, 0.05) is 25.2 Å². The zero-order valence-corrected chi connectivity index (χ0v) is 13.6. The average molecular weight is 282 g/mol. The molecule has 0 aliphatic carbocycles. The van der Waals surface area contributed by atoms with Crippen molar-refractivity contribution in [3.05, 3.63) is 0 Å². The Bertz CT molecular complexity index is 347. The van der Waals surface area contributed by atoms with Gasteiger partial charge in [0.1, 0.15) is 0 Å². The molecule has 2 heterocycles. The van der Waals surface area contributed by atoms with Gasteiger partial charge in [-0.3, -0.25) is 4.79 Å². The van der Waals surface area contributed by atoms with E-state index in [0.29, 0.717) is 23.9 Å². The molecule has 0 bridgehead atoms. The second kappa shape index (κ2) is 6.44. The molecule has 0 radical (unpaired) electrons. The largest absolute Gasteiger partial charge is 0.374 e. The lowest BCUT2D eigenvalue weighted by Crippen LogP contribution is -2.59. The number of carbonyl (C=O) groups is 1. The van der Waals surface area contributed by atoms with Crippen LogP contribution in [0.15, 0.2) is 0 Å². The van der Waals surface area contributed by atoms with Crippen molar-refractivity contribution >= 4 is 5.91 Å². The molecule has 2 aliphatic rings. The van der Waals surface area contributed by atoms with Gasteiger partial charge in [-0.15, -0.1) is 0 Å². The second-order valence-corrected chi connectivity index (χ2v) is 6.50. The molecule has 116 valence electrons. The summed E-state index contributed by atoms with van der Waals surface area (Å²) in [6, 6.07) is 0.771. The van der Waals surface area contributed by atoms with E-state index in [4.69, 9.17) is 4.74 Å². The Labute approximate surface area is 123 Å². The number of amides is 1. The lowest BCUT2D eigenvalue weighted by molar-refractivity contribution is -0.142. The molecular weight excluding hydrogens is 252 g/mol. The van der Waals surface area contributed by atoms with Crippen molar-refractivity contribution < 1.29 is 9.53 Å². The van der Waals surface area contributed by atoms with Crippen LogP contribution in [0.1, 0.15) is 47.5 Å². The number of hydrogen-bond donors (Lipinski definition) is 1. The van der Waals surface area contributed by atoms with Crippen LogP contribution in [-0.2, 0) is 9.53 Å². The van der Waals surface area contributed by atoms with E-state index in [1.807, 2.05) is 6.92 Å². The van der Waals surface area contributed by atoms with Gasteiger partial charge < -0.3 is 15.0 Å². The summed E-state index contributed by atoms with van der Waals surface area (Å²) in [5.74, 6) is 0.640. The molecule has 2 fully saturated rings. The summed E-state index contributed by atoms with van der Waals surface area (Å²) in [5, 5.41) is 3.55. The van der Waals surface area contributed by atoms with Crippen molar-refractivity contribution in [2.75, 3.05) is 13.1 Å². The molecule has 0 aromatic rings. The number of piperazine rings is 1. The Kier molecular flexibility index (Phi) is 5.08. The quantitative estimate of drug-likeness (QED) is 0.861. The van der Waals surface area contributed by atoms with E-state index >= 15 is 0 Å². The smallest absolute Gasteiger partial charge is 0.229 e. The van der Waals surface area contributed by atoms with Gasteiger partial charge in [-0.2, -0.15) is 0 Å². The fourth-order valence-electron chi connectivity index (χ4n) is 3.66. The highest BCUT2D eigenvalue weighted by Crippen LogP contribution is 2.34. The molecule has 2 saturated heterocycles. The first-order valence-electron chi connectivity index (χ1n) is 8.18. The van der Waals surface area contributed by atoms with Crippen LogP contribution in [0.4, 0.5) is 0 Å². The van der Waals surface area contributed by atoms with Crippen molar-refractivity contribution in [3.63, 3.8) is 0 Å². The van der Waals surface area contributed by atoms with Crippen molar-refractivity contribution in [1.29, 1.82) is 0 Å². The second-order valence-electron chi connectivity index (χ2n) is 6.50. The summed E-state index contributed by atoms with van der Waals surface area (Å²) in [7, 11) is 0. The Morgan fingerprint density at radius 2 is 1.90 bits per heavy atom. The third-order valence-corrected chi connectivity index (χ3v) is 5.27. The van der Waals surface area contributed by atoms with Crippen LogP contribution < -0.4 is 5.32 Å². The van der Waals surface area contributed by atoms with Crippen LogP contribution in [0.5, 0.6) is 0 Å². The molecule has 1 amide bonds. The molecule has 6 unspecified atom stereocenters. The summed E-state index contributed by atoms with van der Waals surface area (Å²) < 4.78 is 5.86. The van der Waals surface area contributed by atoms with E-state index < -0.39 is 0 Å². The molecule has 0 aromatic carbocycles. The summed E-state index contributed by atoms with van der Waals surface area (Å²) >= 11 is 0. The Morgan fingerprint density at radius 3 is 2.40 bits per heavy atom. The molecule has 20 heavy (non-hydrogen) atoms. The topological polar surface area (TPSA) is 41.6 Å². The van der Waals surface area contributed by atoms with E-state index in [1.165, 1.54) is 0 Å². The number of carbonyl (C=O) groups excluding carboxylic acids is 1. The molecule has 1 N–H and O–H groups in total. The fraction of sp³-hybridized carbons (Fsp3) is 0.938. The van der Waals surface area contributed by atoms with E-state index in [1.54, 1.807) is 0 Å². The summed E-state index contributed by atoms with van der Waals surface area (Å²) in [6.45, 7) is 12.4. The highest BCUT2D eigenvalue weighted by atomic mass is 16.5. The van der Waals surface area contributed by atoms with Crippen LogP contribution in [0.25, 0.3) is 0 Å². The average Bonchev–Trinajstić information content (AvgIpc) is 2.70. The van der Waals surface area contributed by atoms with E-state index in [2.05, 4.69) is 37.9 Å². The first-order chi connectivity index (χ1) is 9.49. The van der Waals surface area contributed by atoms with E-state index in [9.17, 15) is 4.79 Å². The normalized spacial score (nSPS) is 42.0. The minimum Gasteiger partial charge on any atom is -0.374 e. The van der Waals surface area contributed by atoms with Gasteiger partial charge in [0.05, 0.1) is 18.1 Å². The van der Waals surface area contributed by atoms with Gasteiger partial charge >= 0.3 is 0 Å². The molecule has 0 aromatic heterocycles. The van der Waals surface area contributed by atoms with E-state index in [-0.39, 0.29) is 18.1 Å².